The summed E-state index contributed by atoms with van der Waals surface area (Å²) in [5, 5.41) is 3.93. The van der Waals surface area contributed by atoms with Crippen LogP contribution in [-0.4, -0.2) is 17.4 Å². The fourth-order valence-electron chi connectivity index (χ4n) is 3.95. The van der Waals surface area contributed by atoms with Gasteiger partial charge in [-0.1, -0.05) is 59.6 Å². The summed E-state index contributed by atoms with van der Waals surface area (Å²) in [5.41, 5.74) is 2.43. The number of nitrogens with zero attached hydrogens (tertiary/aromatic N) is 1. The molecule has 4 nitrogen and oxygen atoms in total. The first-order valence-corrected chi connectivity index (χ1v) is 11.8. The number of nitrogens with one attached hydrogen (secondary N) is 1. The average Bonchev–Trinajstić information content (AvgIpc) is 3.68. The molecule has 1 fully saturated rings. The summed E-state index contributed by atoms with van der Waals surface area (Å²) in [7, 11) is 0. The largest absolute Gasteiger partial charge is 0.455 e. The molecule has 0 saturated heterocycles. The van der Waals surface area contributed by atoms with Gasteiger partial charge in [-0.25, -0.2) is 4.39 Å². The normalized spacial score (nSPS) is 14.1. The van der Waals surface area contributed by atoms with E-state index in [-0.39, 0.29) is 17.1 Å². The molecule has 1 aromatic heterocycles. The van der Waals surface area contributed by atoms with E-state index in [9.17, 15) is 9.18 Å². The van der Waals surface area contributed by atoms with E-state index in [0.717, 1.165) is 0 Å². The number of benzene rings is 3. The number of carbonyl (C=O) groups excluding carboxylic acids is 1. The molecule has 7 heteroatoms. The molecule has 0 radical (unpaired) electrons. The molecule has 0 bridgehead atoms. The van der Waals surface area contributed by atoms with Gasteiger partial charge in [-0.2, -0.15) is 0 Å². The molecular weight excluding hydrogens is 474 g/mol. The lowest BCUT2D eigenvalue weighted by Crippen LogP contribution is -2.28. The summed E-state index contributed by atoms with van der Waals surface area (Å²) >= 11 is 12.0. The van der Waals surface area contributed by atoms with Gasteiger partial charge in [0.15, 0.2) is 5.75 Å². The van der Waals surface area contributed by atoms with Crippen LogP contribution in [0.1, 0.15) is 46.4 Å². The molecule has 1 saturated carbocycles. The summed E-state index contributed by atoms with van der Waals surface area (Å²) in [6, 6.07) is 19.7. The zero-order valence-electron chi connectivity index (χ0n) is 18.1. The summed E-state index contributed by atoms with van der Waals surface area (Å²) in [6.07, 6.45) is 2.39. The number of pyridine rings is 1. The van der Waals surface area contributed by atoms with Gasteiger partial charge in [0, 0.05) is 21.0 Å². The smallest absolute Gasteiger partial charge is 0.255 e. The molecule has 1 unspecified atom stereocenters. The molecule has 4 aromatic rings. The van der Waals surface area contributed by atoms with Crippen LogP contribution in [0.25, 0.3) is 10.9 Å². The topological polar surface area (TPSA) is 51.2 Å². The van der Waals surface area contributed by atoms with Crippen LogP contribution in [0.15, 0.2) is 72.9 Å². The Labute approximate surface area is 206 Å². The van der Waals surface area contributed by atoms with Gasteiger partial charge in [0.2, 0.25) is 0 Å². The molecule has 3 aromatic carbocycles. The van der Waals surface area contributed by atoms with Gasteiger partial charge in [0.05, 0.1) is 23.8 Å². The molecule has 1 N–H and O–H groups in total. The number of aromatic nitrogens is 1. The third-order valence-corrected chi connectivity index (χ3v) is 6.41. The van der Waals surface area contributed by atoms with E-state index in [1.54, 1.807) is 12.1 Å². The molecule has 1 amide bonds. The van der Waals surface area contributed by atoms with E-state index >= 15 is 0 Å². The summed E-state index contributed by atoms with van der Waals surface area (Å²) in [6.45, 7) is -0.257. The van der Waals surface area contributed by atoms with Crippen molar-refractivity contribution in [2.24, 2.45) is 0 Å². The van der Waals surface area contributed by atoms with E-state index in [1.807, 2.05) is 36.4 Å². The predicted octanol–water partition coefficient (Wildman–Crippen LogP) is 7.65. The first kappa shape index (κ1) is 22.6. The summed E-state index contributed by atoms with van der Waals surface area (Å²) in [4.78, 5) is 17.7. The quantitative estimate of drug-likeness (QED) is 0.287. The van der Waals surface area contributed by atoms with Crippen molar-refractivity contribution in [3.63, 3.8) is 0 Å². The van der Waals surface area contributed by atoms with Gasteiger partial charge in [-0.15, -0.1) is 0 Å². The molecule has 5 rings (SSSR count). The number of rotatable bonds is 7. The van der Waals surface area contributed by atoms with Gasteiger partial charge in [0.1, 0.15) is 11.9 Å². The van der Waals surface area contributed by atoms with Crippen molar-refractivity contribution in [3.8, 4) is 11.5 Å². The second kappa shape index (κ2) is 9.61. The fraction of sp³-hybridized carbons (Fsp3) is 0.185. The van der Waals surface area contributed by atoms with Crippen LogP contribution in [0.5, 0.6) is 11.5 Å². The predicted molar refractivity (Wildman–Crippen MR) is 133 cm³/mol. The van der Waals surface area contributed by atoms with Crippen LogP contribution in [0, 0.1) is 0 Å². The number of hydrogen-bond donors (Lipinski definition) is 1. The molecule has 0 spiro atoms. The van der Waals surface area contributed by atoms with Crippen molar-refractivity contribution >= 4 is 40.0 Å². The maximum Gasteiger partial charge on any atom is 0.255 e. The lowest BCUT2D eigenvalue weighted by atomic mass is 10.1. The highest BCUT2D eigenvalue weighted by molar-refractivity contribution is 6.35. The number of hydrogen-bond acceptors (Lipinski definition) is 3. The van der Waals surface area contributed by atoms with Gasteiger partial charge >= 0.3 is 0 Å². The van der Waals surface area contributed by atoms with Crippen molar-refractivity contribution in [1.82, 2.24) is 10.3 Å². The first-order chi connectivity index (χ1) is 16.5. The molecule has 1 heterocycles. The van der Waals surface area contributed by atoms with Crippen LogP contribution in [-0.2, 0) is 0 Å². The number of carbonyl (C=O) groups is 1. The fourth-order valence-corrected chi connectivity index (χ4v) is 4.47. The Kier molecular flexibility index (Phi) is 6.40. The standard InChI is InChI=1S/C27H21Cl2FN2O2/c28-18-10-11-20(22(29)13-18)23(30)14-32-27(33)26-21-6-1-2-7-24(21)31-15-25(26)34-19-5-3-4-17(12-19)16-8-9-16/h1-7,10-13,15-16,23H,8-9,14H2,(H,32,33). The molecule has 1 aliphatic rings. The van der Waals surface area contributed by atoms with Crippen LogP contribution in [0.3, 0.4) is 0 Å². The zero-order valence-corrected chi connectivity index (χ0v) is 19.6. The molecule has 0 aliphatic heterocycles. The third-order valence-electron chi connectivity index (χ3n) is 5.84. The van der Waals surface area contributed by atoms with Crippen molar-refractivity contribution in [1.29, 1.82) is 0 Å². The highest BCUT2D eigenvalue weighted by Crippen LogP contribution is 2.41. The Morgan fingerprint density at radius 1 is 1.09 bits per heavy atom. The lowest BCUT2D eigenvalue weighted by Gasteiger charge is -2.16. The van der Waals surface area contributed by atoms with Gasteiger partial charge in [-0.05, 0) is 54.7 Å². The minimum atomic E-state index is -1.50. The van der Waals surface area contributed by atoms with Crippen molar-refractivity contribution < 1.29 is 13.9 Å². The van der Waals surface area contributed by atoms with Gasteiger partial charge in [-0.3, -0.25) is 9.78 Å². The minimum Gasteiger partial charge on any atom is -0.455 e. The van der Waals surface area contributed by atoms with Gasteiger partial charge in [0.25, 0.3) is 5.91 Å². The number of halogens is 3. The summed E-state index contributed by atoms with van der Waals surface area (Å²) < 4.78 is 21.0. The molecule has 1 atom stereocenters. The van der Waals surface area contributed by atoms with E-state index < -0.39 is 12.1 Å². The first-order valence-electron chi connectivity index (χ1n) is 11.0. The SMILES string of the molecule is O=C(NCC(F)c1ccc(Cl)cc1Cl)c1c(Oc2cccc(C3CC3)c2)cnc2ccccc12. The van der Waals surface area contributed by atoms with E-state index in [0.29, 0.717) is 38.9 Å². The number of para-hydroxylation sites is 1. The molecule has 34 heavy (non-hydrogen) atoms. The Morgan fingerprint density at radius 2 is 1.91 bits per heavy atom. The second-order valence-electron chi connectivity index (χ2n) is 8.31. The van der Waals surface area contributed by atoms with E-state index in [1.165, 1.54) is 36.7 Å². The zero-order chi connectivity index (χ0) is 23.7. The summed E-state index contributed by atoms with van der Waals surface area (Å²) in [5.74, 6) is 1.05. The van der Waals surface area contributed by atoms with Crippen LogP contribution >= 0.6 is 23.2 Å². The Hall–Kier alpha value is -3.15. The van der Waals surface area contributed by atoms with Crippen molar-refractivity contribution in [2.45, 2.75) is 24.9 Å². The lowest BCUT2D eigenvalue weighted by molar-refractivity contribution is 0.0941. The molecule has 1 aliphatic carbocycles. The third kappa shape index (κ3) is 4.86. The molecular formula is C27H21Cl2FN2O2. The Balaban J connectivity index is 1.42. The van der Waals surface area contributed by atoms with Crippen LogP contribution in [0.4, 0.5) is 4.39 Å². The Morgan fingerprint density at radius 3 is 2.71 bits per heavy atom. The van der Waals surface area contributed by atoms with Crippen molar-refractivity contribution in [3.05, 3.63) is 99.7 Å². The number of fused-ring (bicyclic) bond motifs is 1. The minimum absolute atomic E-state index is 0.211. The van der Waals surface area contributed by atoms with E-state index in [4.69, 9.17) is 27.9 Å². The number of alkyl halides is 1. The van der Waals surface area contributed by atoms with E-state index in [2.05, 4.69) is 16.4 Å². The second-order valence-corrected chi connectivity index (χ2v) is 9.15. The average molecular weight is 495 g/mol. The van der Waals surface area contributed by atoms with Crippen LogP contribution < -0.4 is 10.1 Å². The highest BCUT2D eigenvalue weighted by Gasteiger charge is 2.24. The van der Waals surface area contributed by atoms with Crippen molar-refractivity contribution in [2.75, 3.05) is 6.54 Å². The Bertz CT molecular complexity index is 1370. The molecule has 172 valence electrons. The maximum absolute atomic E-state index is 14.9. The van der Waals surface area contributed by atoms with Crippen LogP contribution in [0.2, 0.25) is 10.0 Å². The number of ether oxygens (including phenoxy) is 1. The monoisotopic (exact) mass is 494 g/mol. The highest BCUT2D eigenvalue weighted by atomic mass is 35.5. The van der Waals surface area contributed by atoms with Gasteiger partial charge < -0.3 is 10.1 Å². The maximum atomic E-state index is 14.9. The number of amides is 1.